The fraction of sp³-hybridized carbons (Fsp3) is 0.400. The molecule has 1 saturated heterocycles. The summed E-state index contributed by atoms with van der Waals surface area (Å²) >= 11 is 0. The highest BCUT2D eigenvalue weighted by Gasteiger charge is 2.24. The van der Waals surface area contributed by atoms with Crippen molar-refractivity contribution in [3.05, 3.63) is 47.5 Å². The van der Waals surface area contributed by atoms with Gasteiger partial charge in [0.05, 0.1) is 17.6 Å². The van der Waals surface area contributed by atoms with Gasteiger partial charge >= 0.3 is 6.09 Å². The number of carbonyl (C=O) groups is 1. The minimum absolute atomic E-state index is 0.287. The maximum absolute atomic E-state index is 12.1. The number of amides is 1. The summed E-state index contributed by atoms with van der Waals surface area (Å²) in [6, 6.07) is 11.6. The van der Waals surface area contributed by atoms with Gasteiger partial charge in [0.2, 0.25) is 15.8 Å². The van der Waals surface area contributed by atoms with Crippen molar-refractivity contribution >= 4 is 27.5 Å². The normalized spacial score (nSPS) is 18.1. The SMILES string of the molecule is CC1CCCCN1c1ccc(-c2nc(-c3ccc4c(c3)CCN(C(=O)O)C4)no2)cc1NS(C)(=O)=O. The molecule has 10 nitrogen and oxygen atoms in total. The van der Waals surface area contributed by atoms with E-state index in [9.17, 15) is 18.3 Å². The van der Waals surface area contributed by atoms with Crippen molar-refractivity contribution in [3.8, 4) is 22.8 Å². The minimum atomic E-state index is -3.49. The lowest BCUT2D eigenvalue weighted by atomic mass is 9.97. The van der Waals surface area contributed by atoms with Gasteiger partial charge in [-0.2, -0.15) is 4.98 Å². The Morgan fingerprint density at radius 3 is 2.67 bits per heavy atom. The topological polar surface area (TPSA) is 129 Å². The van der Waals surface area contributed by atoms with Crippen LogP contribution in [0.15, 0.2) is 40.9 Å². The smallest absolute Gasteiger partial charge is 0.407 e. The highest BCUT2D eigenvalue weighted by molar-refractivity contribution is 7.92. The molecule has 3 heterocycles. The first-order valence-corrected chi connectivity index (χ1v) is 13.9. The van der Waals surface area contributed by atoms with Crippen molar-refractivity contribution in [2.24, 2.45) is 0 Å². The van der Waals surface area contributed by atoms with Gasteiger partial charge in [-0.05, 0) is 68.0 Å². The molecule has 0 spiro atoms. The summed E-state index contributed by atoms with van der Waals surface area (Å²) in [5, 5.41) is 13.4. The van der Waals surface area contributed by atoms with E-state index in [2.05, 4.69) is 26.7 Å². The number of piperidine rings is 1. The lowest BCUT2D eigenvalue weighted by Gasteiger charge is -2.36. The summed E-state index contributed by atoms with van der Waals surface area (Å²) < 4.78 is 32.4. The van der Waals surface area contributed by atoms with Gasteiger partial charge in [0, 0.05) is 36.8 Å². The molecule has 2 aromatic carbocycles. The zero-order chi connectivity index (χ0) is 25.4. The molecule has 2 N–H and O–H groups in total. The Labute approximate surface area is 210 Å². The van der Waals surface area contributed by atoms with E-state index in [0.717, 1.165) is 54.4 Å². The summed E-state index contributed by atoms with van der Waals surface area (Å²) in [6.07, 6.45) is 4.12. The molecule has 1 aromatic heterocycles. The summed E-state index contributed by atoms with van der Waals surface area (Å²) in [7, 11) is -3.49. The number of benzene rings is 2. The number of hydrogen-bond acceptors (Lipinski definition) is 7. The van der Waals surface area contributed by atoms with Crippen molar-refractivity contribution in [2.45, 2.75) is 45.2 Å². The van der Waals surface area contributed by atoms with Gasteiger partial charge in [-0.1, -0.05) is 17.3 Å². The Kier molecular flexibility index (Phi) is 6.33. The van der Waals surface area contributed by atoms with E-state index in [1.165, 1.54) is 4.90 Å². The number of nitrogens with one attached hydrogen (secondary N) is 1. The number of hydrogen-bond donors (Lipinski definition) is 2. The van der Waals surface area contributed by atoms with Crippen molar-refractivity contribution in [1.29, 1.82) is 0 Å². The van der Waals surface area contributed by atoms with E-state index >= 15 is 0 Å². The highest BCUT2D eigenvalue weighted by Crippen LogP contribution is 2.36. The van der Waals surface area contributed by atoms with Gasteiger partial charge < -0.3 is 19.4 Å². The van der Waals surface area contributed by atoms with E-state index in [1.807, 2.05) is 30.3 Å². The van der Waals surface area contributed by atoms with Crippen molar-refractivity contribution in [2.75, 3.05) is 29.0 Å². The molecule has 1 fully saturated rings. The standard InChI is InChI=1S/C25H29N5O5S/c1-16-5-3-4-11-30(16)22-9-8-19(14-21(22)28-36(2,33)34)24-26-23(27-35-24)18-6-7-20-15-29(25(31)32)12-10-17(20)13-18/h6-9,13-14,16,28H,3-5,10-12,15H2,1-2H3,(H,31,32). The molecule has 5 rings (SSSR count). The van der Waals surface area contributed by atoms with E-state index < -0.39 is 16.1 Å². The number of sulfonamides is 1. The maximum Gasteiger partial charge on any atom is 0.407 e. The van der Waals surface area contributed by atoms with Crippen LogP contribution in [0.5, 0.6) is 0 Å². The lowest BCUT2D eigenvalue weighted by molar-refractivity contribution is 0.140. The van der Waals surface area contributed by atoms with E-state index in [4.69, 9.17) is 4.52 Å². The average Bonchev–Trinajstić information content (AvgIpc) is 3.33. The van der Waals surface area contributed by atoms with E-state index in [-0.39, 0.29) is 5.89 Å². The average molecular weight is 512 g/mol. The molecule has 0 saturated carbocycles. The van der Waals surface area contributed by atoms with Crippen LogP contribution in [0, 0.1) is 0 Å². The lowest BCUT2D eigenvalue weighted by Crippen LogP contribution is -2.38. The fourth-order valence-corrected chi connectivity index (χ4v) is 5.53. The van der Waals surface area contributed by atoms with E-state index in [0.29, 0.717) is 42.6 Å². The molecule has 1 unspecified atom stereocenters. The zero-order valence-corrected chi connectivity index (χ0v) is 21.1. The predicted molar refractivity (Wildman–Crippen MR) is 136 cm³/mol. The van der Waals surface area contributed by atoms with Gasteiger partial charge in [0.25, 0.3) is 5.89 Å². The van der Waals surface area contributed by atoms with Gasteiger partial charge in [-0.25, -0.2) is 13.2 Å². The number of nitrogens with zero attached hydrogens (tertiary/aromatic N) is 4. The zero-order valence-electron chi connectivity index (χ0n) is 20.3. The Hall–Kier alpha value is -3.60. The van der Waals surface area contributed by atoms with Gasteiger partial charge in [0.15, 0.2) is 0 Å². The number of aromatic nitrogens is 2. The monoisotopic (exact) mass is 511 g/mol. The quantitative estimate of drug-likeness (QED) is 0.522. The molecule has 190 valence electrons. The van der Waals surface area contributed by atoms with Crippen molar-refractivity contribution in [3.63, 3.8) is 0 Å². The third-order valence-corrected chi connectivity index (χ3v) is 7.42. The summed E-state index contributed by atoms with van der Waals surface area (Å²) in [5.41, 5.74) is 4.75. The van der Waals surface area contributed by atoms with Crippen LogP contribution < -0.4 is 9.62 Å². The molecule has 36 heavy (non-hydrogen) atoms. The van der Waals surface area contributed by atoms with Crippen LogP contribution >= 0.6 is 0 Å². The fourth-order valence-electron chi connectivity index (χ4n) is 4.97. The van der Waals surface area contributed by atoms with Gasteiger partial charge in [-0.3, -0.25) is 4.72 Å². The predicted octanol–water partition coefficient (Wildman–Crippen LogP) is 4.19. The molecular weight excluding hydrogens is 482 g/mol. The number of anilines is 2. The summed E-state index contributed by atoms with van der Waals surface area (Å²) in [5.74, 6) is 0.703. The molecule has 0 bridgehead atoms. The summed E-state index contributed by atoms with van der Waals surface area (Å²) in [6.45, 7) is 3.83. The van der Waals surface area contributed by atoms with E-state index in [1.54, 1.807) is 6.07 Å². The molecular formula is C25H29N5O5S. The molecule has 0 radical (unpaired) electrons. The van der Waals surface area contributed by atoms with Gasteiger partial charge in [0.1, 0.15) is 0 Å². The summed E-state index contributed by atoms with van der Waals surface area (Å²) in [4.78, 5) is 19.5. The second kappa shape index (κ2) is 9.45. The number of fused-ring (bicyclic) bond motifs is 1. The Bertz CT molecular complexity index is 1400. The second-order valence-electron chi connectivity index (χ2n) is 9.51. The van der Waals surface area contributed by atoms with Crippen LogP contribution in [-0.2, 0) is 23.0 Å². The molecule has 3 aromatic rings. The van der Waals surface area contributed by atoms with Crippen LogP contribution in [0.4, 0.5) is 16.2 Å². The van der Waals surface area contributed by atoms with Crippen LogP contribution in [0.25, 0.3) is 22.8 Å². The first-order valence-electron chi connectivity index (χ1n) is 12.0. The van der Waals surface area contributed by atoms with Gasteiger partial charge in [-0.15, -0.1) is 0 Å². The number of carboxylic acid groups (broad SMARTS) is 1. The largest absolute Gasteiger partial charge is 0.465 e. The van der Waals surface area contributed by atoms with Crippen molar-refractivity contribution < 1.29 is 22.8 Å². The molecule has 0 aliphatic carbocycles. The Morgan fingerprint density at radius 1 is 1.11 bits per heavy atom. The molecule has 2 aliphatic heterocycles. The first-order chi connectivity index (χ1) is 17.2. The Balaban J connectivity index is 1.44. The van der Waals surface area contributed by atoms with Crippen LogP contribution in [-0.4, -0.2) is 60.0 Å². The molecule has 1 amide bonds. The highest BCUT2D eigenvalue weighted by atomic mass is 32.2. The third-order valence-electron chi connectivity index (χ3n) is 6.82. The number of rotatable bonds is 5. The van der Waals surface area contributed by atoms with Crippen LogP contribution in [0.2, 0.25) is 0 Å². The molecule has 1 atom stereocenters. The van der Waals surface area contributed by atoms with Crippen LogP contribution in [0.3, 0.4) is 0 Å². The van der Waals surface area contributed by atoms with Crippen LogP contribution in [0.1, 0.15) is 37.3 Å². The Morgan fingerprint density at radius 2 is 1.92 bits per heavy atom. The minimum Gasteiger partial charge on any atom is -0.465 e. The molecule has 11 heteroatoms. The first kappa shape index (κ1) is 24.1. The third kappa shape index (κ3) is 5.01. The molecule has 2 aliphatic rings. The maximum atomic E-state index is 12.1. The van der Waals surface area contributed by atoms with Crippen molar-refractivity contribution in [1.82, 2.24) is 15.0 Å². The second-order valence-corrected chi connectivity index (χ2v) is 11.3.